The second kappa shape index (κ2) is 5.11. The van der Waals surface area contributed by atoms with Crippen LogP contribution in [-0.4, -0.2) is 5.54 Å². The van der Waals surface area contributed by atoms with Gasteiger partial charge >= 0.3 is 0 Å². The summed E-state index contributed by atoms with van der Waals surface area (Å²) in [6.07, 6.45) is 1.18. The summed E-state index contributed by atoms with van der Waals surface area (Å²) >= 11 is 1.89. The zero-order valence-electron chi connectivity index (χ0n) is 12.4. The average molecular weight is 253 g/mol. The number of rotatable bonds is 4. The molecule has 1 N–H and O–H groups in total. The molecule has 1 heterocycles. The van der Waals surface area contributed by atoms with E-state index in [1.165, 1.54) is 21.7 Å². The minimum absolute atomic E-state index is 0.195. The van der Waals surface area contributed by atoms with Crippen LogP contribution in [-0.2, 0) is 6.54 Å². The maximum Gasteiger partial charge on any atom is 0.0221 e. The van der Waals surface area contributed by atoms with Gasteiger partial charge in [0, 0.05) is 21.8 Å². The quantitative estimate of drug-likeness (QED) is 0.822. The summed E-state index contributed by atoms with van der Waals surface area (Å²) in [6, 6.07) is 2.31. The van der Waals surface area contributed by atoms with E-state index in [-0.39, 0.29) is 5.54 Å². The second-order valence-corrected chi connectivity index (χ2v) is 8.37. The van der Waals surface area contributed by atoms with Gasteiger partial charge in [-0.15, -0.1) is 11.3 Å². The lowest BCUT2D eigenvalue weighted by atomic mass is 9.82. The number of hydrogen-bond acceptors (Lipinski definition) is 2. The molecule has 1 aromatic heterocycles. The Balaban J connectivity index is 2.58. The number of thiophene rings is 1. The van der Waals surface area contributed by atoms with E-state index in [1.807, 2.05) is 11.3 Å². The molecule has 2 heteroatoms. The van der Waals surface area contributed by atoms with Gasteiger partial charge in [-0.25, -0.2) is 0 Å². The lowest BCUT2D eigenvalue weighted by Crippen LogP contribution is -2.41. The minimum Gasteiger partial charge on any atom is -0.308 e. The minimum atomic E-state index is 0.195. The predicted octanol–water partition coefficient (Wildman–Crippen LogP) is 4.67. The Morgan fingerprint density at radius 3 is 2.12 bits per heavy atom. The molecule has 1 nitrogen and oxygen atoms in total. The Morgan fingerprint density at radius 2 is 1.71 bits per heavy atom. The molecule has 1 aromatic rings. The third-order valence-electron chi connectivity index (χ3n) is 2.87. The van der Waals surface area contributed by atoms with Gasteiger partial charge in [0.1, 0.15) is 0 Å². The predicted molar refractivity (Wildman–Crippen MR) is 78.8 cm³/mol. The summed E-state index contributed by atoms with van der Waals surface area (Å²) < 4.78 is 0. The Kier molecular flexibility index (Phi) is 4.43. The maximum absolute atomic E-state index is 3.69. The van der Waals surface area contributed by atoms with Gasteiger partial charge in [0.05, 0.1) is 0 Å². The zero-order chi connectivity index (χ0) is 13.3. The van der Waals surface area contributed by atoms with Gasteiger partial charge in [-0.1, -0.05) is 20.8 Å². The molecular weight excluding hydrogens is 226 g/mol. The largest absolute Gasteiger partial charge is 0.308 e. The summed E-state index contributed by atoms with van der Waals surface area (Å²) in [4.78, 5) is 2.86. The summed E-state index contributed by atoms with van der Waals surface area (Å²) in [6.45, 7) is 16.9. The van der Waals surface area contributed by atoms with Crippen molar-refractivity contribution in [2.24, 2.45) is 5.41 Å². The molecule has 0 unspecified atom stereocenters. The lowest BCUT2D eigenvalue weighted by Gasteiger charge is -2.33. The van der Waals surface area contributed by atoms with Crippen LogP contribution in [0.1, 0.15) is 56.4 Å². The van der Waals surface area contributed by atoms with Crippen molar-refractivity contribution in [3.8, 4) is 0 Å². The van der Waals surface area contributed by atoms with E-state index in [1.54, 1.807) is 0 Å². The van der Waals surface area contributed by atoms with Gasteiger partial charge in [0.25, 0.3) is 0 Å². The van der Waals surface area contributed by atoms with Crippen LogP contribution in [0.3, 0.4) is 0 Å². The van der Waals surface area contributed by atoms with Crippen molar-refractivity contribution in [2.75, 3.05) is 0 Å². The SMILES string of the molecule is Cc1cc(CNC(C)(C)CC(C)(C)C)c(C)s1. The van der Waals surface area contributed by atoms with Crippen LogP contribution in [0.2, 0.25) is 0 Å². The highest BCUT2D eigenvalue weighted by Gasteiger charge is 2.24. The summed E-state index contributed by atoms with van der Waals surface area (Å²) in [5, 5.41) is 3.69. The number of aryl methyl sites for hydroxylation is 2. The fourth-order valence-electron chi connectivity index (χ4n) is 2.58. The molecule has 0 aliphatic heterocycles. The molecule has 0 aromatic carbocycles. The Morgan fingerprint density at radius 1 is 1.12 bits per heavy atom. The molecule has 0 aliphatic rings. The first-order valence-electron chi connectivity index (χ1n) is 6.40. The fraction of sp³-hybridized carbons (Fsp3) is 0.733. The van der Waals surface area contributed by atoms with E-state index in [0.717, 1.165) is 6.54 Å². The van der Waals surface area contributed by atoms with Crippen LogP contribution in [0.5, 0.6) is 0 Å². The standard InChI is InChI=1S/C15H27NS/c1-11-8-13(12(2)17-11)9-16-15(6,7)10-14(3,4)5/h8,16H,9-10H2,1-7H3. The molecule has 0 radical (unpaired) electrons. The van der Waals surface area contributed by atoms with E-state index in [4.69, 9.17) is 0 Å². The Bertz CT molecular complexity index is 369. The Hall–Kier alpha value is -0.340. The van der Waals surface area contributed by atoms with Crippen molar-refractivity contribution >= 4 is 11.3 Å². The van der Waals surface area contributed by atoms with E-state index in [9.17, 15) is 0 Å². The van der Waals surface area contributed by atoms with Crippen LogP contribution in [0, 0.1) is 19.3 Å². The molecule has 0 spiro atoms. The van der Waals surface area contributed by atoms with E-state index < -0.39 is 0 Å². The van der Waals surface area contributed by atoms with Crippen LogP contribution in [0.4, 0.5) is 0 Å². The molecule has 17 heavy (non-hydrogen) atoms. The summed E-state index contributed by atoms with van der Waals surface area (Å²) in [7, 11) is 0. The second-order valence-electron chi connectivity index (χ2n) is 6.91. The maximum atomic E-state index is 3.69. The first-order valence-corrected chi connectivity index (χ1v) is 7.22. The molecule has 0 saturated carbocycles. The molecule has 0 atom stereocenters. The molecule has 1 rings (SSSR count). The molecular formula is C15H27NS. The van der Waals surface area contributed by atoms with Gasteiger partial charge in [-0.3, -0.25) is 0 Å². The molecule has 0 amide bonds. The first-order chi connectivity index (χ1) is 7.59. The molecule has 0 fully saturated rings. The van der Waals surface area contributed by atoms with Gasteiger partial charge in [0.15, 0.2) is 0 Å². The lowest BCUT2D eigenvalue weighted by molar-refractivity contribution is 0.240. The van der Waals surface area contributed by atoms with E-state index >= 15 is 0 Å². The first kappa shape index (κ1) is 14.7. The van der Waals surface area contributed by atoms with E-state index in [2.05, 4.69) is 59.8 Å². The van der Waals surface area contributed by atoms with Crippen LogP contribution in [0.25, 0.3) is 0 Å². The van der Waals surface area contributed by atoms with E-state index in [0.29, 0.717) is 5.41 Å². The van der Waals surface area contributed by atoms with Crippen molar-refractivity contribution in [3.63, 3.8) is 0 Å². The molecule has 0 aliphatic carbocycles. The van der Waals surface area contributed by atoms with Crippen molar-refractivity contribution in [2.45, 2.75) is 67.0 Å². The summed E-state index contributed by atoms with van der Waals surface area (Å²) in [5.41, 5.74) is 2.02. The van der Waals surface area contributed by atoms with Gasteiger partial charge in [-0.2, -0.15) is 0 Å². The van der Waals surface area contributed by atoms with Crippen molar-refractivity contribution in [3.05, 3.63) is 21.4 Å². The molecule has 98 valence electrons. The van der Waals surface area contributed by atoms with Crippen molar-refractivity contribution in [1.29, 1.82) is 0 Å². The fourth-order valence-corrected chi connectivity index (χ4v) is 3.53. The highest BCUT2D eigenvalue weighted by atomic mass is 32.1. The monoisotopic (exact) mass is 253 g/mol. The Labute approximate surface area is 111 Å². The van der Waals surface area contributed by atoms with Crippen molar-refractivity contribution in [1.82, 2.24) is 5.32 Å². The third kappa shape index (κ3) is 5.22. The highest BCUT2D eigenvalue weighted by molar-refractivity contribution is 7.12. The molecule has 0 saturated heterocycles. The average Bonchev–Trinajstić information content (AvgIpc) is 2.37. The number of hydrogen-bond donors (Lipinski definition) is 1. The third-order valence-corrected chi connectivity index (χ3v) is 3.88. The highest BCUT2D eigenvalue weighted by Crippen LogP contribution is 2.28. The smallest absolute Gasteiger partial charge is 0.0221 e. The van der Waals surface area contributed by atoms with Crippen LogP contribution in [0.15, 0.2) is 6.07 Å². The van der Waals surface area contributed by atoms with Gasteiger partial charge in [0.2, 0.25) is 0 Å². The molecule has 0 bridgehead atoms. The number of nitrogens with one attached hydrogen (secondary N) is 1. The van der Waals surface area contributed by atoms with Crippen molar-refractivity contribution < 1.29 is 0 Å². The summed E-state index contributed by atoms with van der Waals surface area (Å²) in [5.74, 6) is 0. The van der Waals surface area contributed by atoms with Crippen LogP contribution >= 0.6 is 11.3 Å². The van der Waals surface area contributed by atoms with Gasteiger partial charge < -0.3 is 5.32 Å². The normalized spacial score (nSPS) is 13.1. The van der Waals surface area contributed by atoms with Crippen LogP contribution < -0.4 is 5.32 Å². The zero-order valence-corrected chi connectivity index (χ0v) is 13.2. The van der Waals surface area contributed by atoms with Gasteiger partial charge in [-0.05, 0) is 51.2 Å². The topological polar surface area (TPSA) is 12.0 Å².